The lowest BCUT2D eigenvalue weighted by molar-refractivity contribution is -0.122. The highest BCUT2D eigenvalue weighted by atomic mass is 16.3. The SMILES string of the molecule is CC[C@@H](C(=O)NCC[C@@H](O)c1cc(C)oc1C)c1ccccc1. The summed E-state index contributed by atoms with van der Waals surface area (Å²) < 4.78 is 5.43. The van der Waals surface area contributed by atoms with Crippen molar-refractivity contribution < 1.29 is 14.3 Å². The van der Waals surface area contributed by atoms with E-state index in [0.29, 0.717) is 13.0 Å². The summed E-state index contributed by atoms with van der Waals surface area (Å²) in [7, 11) is 0. The molecule has 0 bridgehead atoms. The second-order valence-electron chi connectivity index (χ2n) is 5.84. The van der Waals surface area contributed by atoms with Gasteiger partial charge in [-0.25, -0.2) is 0 Å². The van der Waals surface area contributed by atoms with Crippen LogP contribution in [0.1, 0.15) is 54.4 Å². The summed E-state index contributed by atoms with van der Waals surface area (Å²) in [6, 6.07) is 11.6. The van der Waals surface area contributed by atoms with E-state index in [1.165, 1.54) is 0 Å². The van der Waals surface area contributed by atoms with Gasteiger partial charge in [0.05, 0.1) is 12.0 Å². The van der Waals surface area contributed by atoms with Gasteiger partial charge in [0.15, 0.2) is 0 Å². The van der Waals surface area contributed by atoms with Crippen molar-refractivity contribution in [1.82, 2.24) is 5.32 Å². The summed E-state index contributed by atoms with van der Waals surface area (Å²) in [6.07, 6.45) is 0.597. The molecule has 1 amide bonds. The molecule has 0 unspecified atom stereocenters. The number of amides is 1. The number of hydrogen-bond acceptors (Lipinski definition) is 3. The maximum absolute atomic E-state index is 12.4. The molecular formula is C19H25NO3. The largest absolute Gasteiger partial charge is 0.466 e. The zero-order valence-electron chi connectivity index (χ0n) is 14.0. The third-order valence-corrected chi connectivity index (χ3v) is 4.08. The number of aliphatic hydroxyl groups is 1. The Morgan fingerprint density at radius 3 is 2.52 bits per heavy atom. The van der Waals surface area contributed by atoms with Crippen molar-refractivity contribution in [3.8, 4) is 0 Å². The normalized spacial score (nSPS) is 13.6. The van der Waals surface area contributed by atoms with Crippen LogP contribution in [0.2, 0.25) is 0 Å². The van der Waals surface area contributed by atoms with Crippen molar-refractivity contribution in [2.45, 2.75) is 45.6 Å². The molecule has 4 heteroatoms. The molecule has 2 rings (SSSR count). The molecule has 2 atom stereocenters. The van der Waals surface area contributed by atoms with E-state index in [9.17, 15) is 9.90 Å². The van der Waals surface area contributed by atoms with Crippen LogP contribution >= 0.6 is 0 Å². The molecule has 2 aromatic rings. The first-order chi connectivity index (χ1) is 11.0. The fourth-order valence-corrected chi connectivity index (χ4v) is 2.85. The van der Waals surface area contributed by atoms with Gasteiger partial charge in [-0.3, -0.25) is 4.79 Å². The van der Waals surface area contributed by atoms with E-state index in [1.54, 1.807) is 0 Å². The minimum atomic E-state index is -0.621. The maximum atomic E-state index is 12.4. The van der Waals surface area contributed by atoms with Gasteiger partial charge in [0.25, 0.3) is 0 Å². The topological polar surface area (TPSA) is 62.5 Å². The molecule has 1 heterocycles. The minimum Gasteiger partial charge on any atom is -0.466 e. The number of carbonyl (C=O) groups is 1. The second kappa shape index (κ2) is 7.97. The number of carbonyl (C=O) groups excluding carboxylic acids is 1. The van der Waals surface area contributed by atoms with Crippen LogP contribution in [0.25, 0.3) is 0 Å². The Balaban J connectivity index is 1.87. The smallest absolute Gasteiger partial charge is 0.227 e. The lowest BCUT2D eigenvalue weighted by atomic mass is 9.95. The van der Waals surface area contributed by atoms with E-state index in [1.807, 2.05) is 57.2 Å². The van der Waals surface area contributed by atoms with Gasteiger partial charge in [-0.05, 0) is 38.3 Å². The molecule has 0 fully saturated rings. The summed E-state index contributed by atoms with van der Waals surface area (Å²) in [4.78, 5) is 12.4. The maximum Gasteiger partial charge on any atom is 0.227 e. The number of aliphatic hydroxyl groups excluding tert-OH is 1. The molecule has 0 aliphatic carbocycles. The van der Waals surface area contributed by atoms with Gasteiger partial charge in [-0.15, -0.1) is 0 Å². The van der Waals surface area contributed by atoms with E-state index < -0.39 is 6.10 Å². The van der Waals surface area contributed by atoms with Gasteiger partial charge >= 0.3 is 0 Å². The van der Waals surface area contributed by atoms with Crippen LogP contribution < -0.4 is 5.32 Å². The fraction of sp³-hybridized carbons (Fsp3) is 0.421. The molecule has 23 heavy (non-hydrogen) atoms. The highest BCUT2D eigenvalue weighted by Crippen LogP contribution is 2.24. The third kappa shape index (κ3) is 4.45. The third-order valence-electron chi connectivity index (χ3n) is 4.08. The van der Waals surface area contributed by atoms with Gasteiger partial charge in [-0.1, -0.05) is 37.3 Å². The number of benzene rings is 1. The standard InChI is InChI=1S/C19H25NO3/c1-4-16(15-8-6-5-7-9-15)19(22)20-11-10-18(21)17-12-13(2)23-14(17)3/h5-9,12,16,18,21H,4,10-11H2,1-3H3,(H,20,22)/t16-,18-/m1/s1. The molecule has 0 radical (unpaired) electrons. The summed E-state index contributed by atoms with van der Waals surface area (Å²) in [5.74, 6) is 1.38. The van der Waals surface area contributed by atoms with Crippen molar-refractivity contribution in [3.05, 3.63) is 59.0 Å². The van der Waals surface area contributed by atoms with E-state index >= 15 is 0 Å². The first-order valence-electron chi connectivity index (χ1n) is 8.10. The monoisotopic (exact) mass is 315 g/mol. The van der Waals surface area contributed by atoms with Crippen LogP contribution in [-0.2, 0) is 4.79 Å². The molecule has 124 valence electrons. The number of rotatable bonds is 7. The average Bonchev–Trinajstić information content (AvgIpc) is 2.87. The van der Waals surface area contributed by atoms with Gasteiger partial charge in [0.1, 0.15) is 11.5 Å². The van der Waals surface area contributed by atoms with Crippen LogP contribution in [0.4, 0.5) is 0 Å². The first-order valence-corrected chi connectivity index (χ1v) is 8.10. The van der Waals surface area contributed by atoms with E-state index in [2.05, 4.69) is 5.32 Å². The average molecular weight is 315 g/mol. The van der Waals surface area contributed by atoms with Crippen LogP contribution in [0.15, 0.2) is 40.8 Å². The predicted octanol–water partition coefficient (Wildman–Crippen LogP) is 3.63. The lowest BCUT2D eigenvalue weighted by Gasteiger charge is -2.16. The Morgan fingerprint density at radius 2 is 1.96 bits per heavy atom. The van der Waals surface area contributed by atoms with Crippen LogP contribution in [0, 0.1) is 13.8 Å². The number of furan rings is 1. The van der Waals surface area contributed by atoms with Crippen molar-refractivity contribution >= 4 is 5.91 Å². The van der Waals surface area contributed by atoms with E-state index in [0.717, 1.165) is 29.1 Å². The van der Waals surface area contributed by atoms with Crippen LogP contribution in [-0.4, -0.2) is 17.6 Å². The van der Waals surface area contributed by atoms with Crippen molar-refractivity contribution in [2.75, 3.05) is 6.54 Å². The quantitative estimate of drug-likeness (QED) is 0.820. The number of aryl methyl sites for hydroxylation is 2. The first kappa shape index (κ1) is 17.3. The summed E-state index contributed by atoms with van der Waals surface area (Å²) in [6.45, 7) is 6.14. The molecule has 4 nitrogen and oxygen atoms in total. The Kier molecular flexibility index (Phi) is 5.99. The molecule has 0 aliphatic heterocycles. The predicted molar refractivity (Wildman–Crippen MR) is 90.2 cm³/mol. The lowest BCUT2D eigenvalue weighted by Crippen LogP contribution is -2.30. The molecular weight excluding hydrogens is 290 g/mol. The zero-order valence-corrected chi connectivity index (χ0v) is 14.0. The van der Waals surface area contributed by atoms with Crippen molar-refractivity contribution in [3.63, 3.8) is 0 Å². The summed E-state index contributed by atoms with van der Waals surface area (Å²) >= 11 is 0. The second-order valence-corrected chi connectivity index (χ2v) is 5.84. The Hall–Kier alpha value is -2.07. The summed E-state index contributed by atoms with van der Waals surface area (Å²) in [5, 5.41) is 13.2. The van der Waals surface area contributed by atoms with Gasteiger partial charge in [0, 0.05) is 12.1 Å². The Labute approximate surface area is 137 Å². The Bertz CT molecular complexity index is 633. The van der Waals surface area contributed by atoms with Crippen LogP contribution in [0.3, 0.4) is 0 Å². The van der Waals surface area contributed by atoms with Gasteiger partial charge in [-0.2, -0.15) is 0 Å². The van der Waals surface area contributed by atoms with Crippen molar-refractivity contribution in [1.29, 1.82) is 0 Å². The molecule has 0 aliphatic rings. The zero-order chi connectivity index (χ0) is 16.8. The molecule has 1 aromatic heterocycles. The number of hydrogen-bond donors (Lipinski definition) is 2. The van der Waals surface area contributed by atoms with Gasteiger partial charge in [0.2, 0.25) is 5.91 Å². The highest BCUT2D eigenvalue weighted by molar-refractivity contribution is 5.83. The Morgan fingerprint density at radius 1 is 1.26 bits per heavy atom. The number of nitrogens with one attached hydrogen (secondary N) is 1. The molecule has 2 N–H and O–H groups in total. The molecule has 0 spiro atoms. The molecule has 0 saturated heterocycles. The van der Waals surface area contributed by atoms with E-state index in [4.69, 9.17) is 4.42 Å². The van der Waals surface area contributed by atoms with Crippen molar-refractivity contribution in [2.24, 2.45) is 0 Å². The van der Waals surface area contributed by atoms with E-state index in [-0.39, 0.29) is 11.8 Å². The fourth-order valence-electron chi connectivity index (χ4n) is 2.85. The minimum absolute atomic E-state index is 0.00555. The summed E-state index contributed by atoms with van der Waals surface area (Å²) in [5.41, 5.74) is 1.82. The molecule has 1 aromatic carbocycles. The highest BCUT2D eigenvalue weighted by Gasteiger charge is 2.19. The molecule has 0 saturated carbocycles. The van der Waals surface area contributed by atoms with Gasteiger partial charge < -0.3 is 14.8 Å². The van der Waals surface area contributed by atoms with Crippen LogP contribution in [0.5, 0.6) is 0 Å².